The predicted molar refractivity (Wildman–Crippen MR) is 71.7 cm³/mol. The Morgan fingerprint density at radius 1 is 1.22 bits per heavy atom. The number of rotatable bonds is 4. The number of hydrogen-bond acceptors (Lipinski definition) is 2. The van der Waals surface area contributed by atoms with Crippen LogP contribution < -0.4 is 0 Å². The summed E-state index contributed by atoms with van der Waals surface area (Å²) in [6.45, 7) is 5.23. The summed E-state index contributed by atoms with van der Waals surface area (Å²) in [6, 6.07) is 0.236. The number of nitrogens with zero attached hydrogens (tertiary/aromatic N) is 2. The highest BCUT2D eigenvalue weighted by atomic mass is 16.5. The Labute approximate surface area is 110 Å². The van der Waals surface area contributed by atoms with Gasteiger partial charge in [0.15, 0.2) is 0 Å². The first kappa shape index (κ1) is 13.8. The molecule has 0 aliphatic carbocycles. The van der Waals surface area contributed by atoms with E-state index in [1.165, 1.54) is 0 Å². The van der Waals surface area contributed by atoms with Crippen molar-refractivity contribution in [3.63, 3.8) is 0 Å². The fourth-order valence-corrected chi connectivity index (χ4v) is 3.18. The van der Waals surface area contributed by atoms with Crippen molar-refractivity contribution in [2.75, 3.05) is 26.2 Å². The number of hydroxylamine groups is 3. The van der Waals surface area contributed by atoms with Crippen LogP contribution in [0.1, 0.15) is 51.9 Å². The standard InChI is InChI=1S/C14H26N2O2/c1-13(8-12-16(18)10-5-6-11-16)15-9-4-2-3-7-14(15)17/h13H,2-12H2,1H3. The molecular formula is C14H26N2O2. The van der Waals surface area contributed by atoms with Gasteiger partial charge in [-0.15, -0.1) is 0 Å². The summed E-state index contributed by atoms with van der Waals surface area (Å²) in [6.07, 6.45) is 7.01. The average Bonchev–Trinajstić information content (AvgIpc) is 2.66. The highest BCUT2D eigenvalue weighted by molar-refractivity contribution is 5.76. The van der Waals surface area contributed by atoms with Gasteiger partial charge in [-0.1, -0.05) is 6.42 Å². The zero-order valence-corrected chi connectivity index (χ0v) is 11.6. The Balaban J connectivity index is 1.82. The molecule has 0 N–H and O–H groups in total. The van der Waals surface area contributed by atoms with E-state index in [9.17, 15) is 10.0 Å². The molecule has 0 aromatic rings. The number of carbonyl (C=O) groups excluding carboxylic acids is 1. The van der Waals surface area contributed by atoms with E-state index in [1.807, 2.05) is 4.90 Å². The Morgan fingerprint density at radius 3 is 2.67 bits per heavy atom. The molecule has 0 aromatic carbocycles. The van der Waals surface area contributed by atoms with E-state index in [4.69, 9.17) is 0 Å². The van der Waals surface area contributed by atoms with E-state index in [1.54, 1.807) is 0 Å². The van der Waals surface area contributed by atoms with Gasteiger partial charge in [0.25, 0.3) is 0 Å². The molecule has 104 valence electrons. The molecule has 2 rings (SSSR count). The molecule has 1 atom stereocenters. The van der Waals surface area contributed by atoms with Gasteiger partial charge < -0.3 is 14.8 Å². The van der Waals surface area contributed by atoms with Gasteiger partial charge in [-0.25, -0.2) is 0 Å². The summed E-state index contributed by atoms with van der Waals surface area (Å²) in [4.78, 5) is 14.0. The summed E-state index contributed by atoms with van der Waals surface area (Å²) < 4.78 is -0.0215. The highest BCUT2D eigenvalue weighted by Gasteiger charge is 2.26. The molecule has 1 amide bonds. The Kier molecular flexibility index (Phi) is 4.62. The van der Waals surface area contributed by atoms with Crippen LogP contribution >= 0.6 is 0 Å². The zero-order valence-electron chi connectivity index (χ0n) is 11.6. The zero-order chi connectivity index (χ0) is 13.0. The molecule has 4 nitrogen and oxygen atoms in total. The highest BCUT2D eigenvalue weighted by Crippen LogP contribution is 2.21. The molecule has 4 heteroatoms. The lowest BCUT2D eigenvalue weighted by molar-refractivity contribution is -0.868. The molecule has 18 heavy (non-hydrogen) atoms. The normalized spacial score (nSPS) is 26.1. The Morgan fingerprint density at radius 2 is 1.94 bits per heavy atom. The number of likely N-dealkylation sites (tertiary alicyclic amines) is 2. The first-order valence-electron chi connectivity index (χ1n) is 7.47. The van der Waals surface area contributed by atoms with E-state index in [2.05, 4.69) is 6.92 Å². The molecule has 2 fully saturated rings. The smallest absolute Gasteiger partial charge is 0.222 e. The van der Waals surface area contributed by atoms with Crippen LogP contribution in [-0.4, -0.2) is 47.7 Å². The first-order valence-corrected chi connectivity index (χ1v) is 7.47. The average molecular weight is 254 g/mol. The summed E-state index contributed by atoms with van der Waals surface area (Å²) in [5.41, 5.74) is 0. The van der Waals surface area contributed by atoms with Gasteiger partial charge in [-0.3, -0.25) is 4.79 Å². The number of hydrogen-bond donors (Lipinski definition) is 0. The van der Waals surface area contributed by atoms with Crippen molar-refractivity contribution in [2.24, 2.45) is 0 Å². The summed E-state index contributed by atoms with van der Waals surface area (Å²) in [5, 5.41) is 12.3. The van der Waals surface area contributed by atoms with Crippen LogP contribution in [0.2, 0.25) is 0 Å². The van der Waals surface area contributed by atoms with Crippen LogP contribution in [0.4, 0.5) is 0 Å². The van der Waals surface area contributed by atoms with E-state index in [-0.39, 0.29) is 10.7 Å². The van der Waals surface area contributed by atoms with Crippen molar-refractivity contribution in [3.8, 4) is 0 Å². The third-order valence-corrected chi connectivity index (χ3v) is 4.48. The Bertz CT molecular complexity index is 288. The van der Waals surface area contributed by atoms with Crippen molar-refractivity contribution in [1.82, 2.24) is 4.90 Å². The molecule has 1 unspecified atom stereocenters. The van der Waals surface area contributed by atoms with E-state index in [0.29, 0.717) is 18.9 Å². The molecule has 2 aliphatic heterocycles. The molecular weight excluding hydrogens is 228 g/mol. The van der Waals surface area contributed by atoms with Crippen LogP contribution in [0.25, 0.3) is 0 Å². The van der Waals surface area contributed by atoms with Gasteiger partial charge in [-0.2, -0.15) is 0 Å². The van der Waals surface area contributed by atoms with Crippen molar-refractivity contribution in [3.05, 3.63) is 5.21 Å². The van der Waals surface area contributed by atoms with Gasteiger partial charge in [0.1, 0.15) is 0 Å². The molecule has 0 bridgehead atoms. The molecule has 0 saturated carbocycles. The SMILES string of the molecule is CC(CC[N+]1([O-])CCCC1)N1CCCCCC1=O. The summed E-state index contributed by atoms with van der Waals surface area (Å²) in [5.74, 6) is 0.291. The lowest BCUT2D eigenvalue weighted by Crippen LogP contribution is -2.44. The predicted octanol–water partition coefficient (Wildman–Crippen LogP) is 2.28. The molecule has 2 aliphatic rings. The van der Waals surface area contributed by atoms with Crippen LogP contribution in [0.3, 0.4) is 0 Å². The maximum Gasteiger partial charge on any atom is 0.222 e. The maximum atomic E-state index is 12.3. The van der Waals surface area contributed by atoms with Gasteiger partial charge in [-0.05, 0) is 19.8 Å². The number of carbonyl (C=O) groups is 1. The van der Waals surface area contributed by atoms with Gasteiger partial charge in [0.05, 0.1) is 19.6 Å². The van der Waals surface area contributed by atoms with Gasteiger partial charge in [0.2, 0.25) is 5.91 Å². The van der Waals surface area contributed by atoms with Crippen molar-refractivity contribution in [2.45, 2.75) is 57.9 Å². The van der Waals surface area contributed by atoms with Crippen molar-refractivity contribution < 1.29 is 9.44 Å². The number of quaternary nitrogens is 1. The summed E-state index contributed by atoms with van der Waals surface area (Å²) >= 11 is 0. The van der Waals surface area contributed by atoms with Crippen LogP contribution in [0, 0.1) is 5.21 Å². The summed E-state index contributed by atoms with van der Waals surface area (Å²) in [7, 11) is 0. The van der Waals surface area contributed by atoms with Crippen LogP contribution in [-0.2, 0) is 4.79 Å². The van der Waals surface area contributed by atoms with Crippen LogP contribution in [0.5, 0.6) is 0 Å². The first-order chi connectivity index (χ1) is 8.61. The monoisotopic (exact) mass is 254 g/mol. The van der Waals surface area contributed by atoms with E-state index < -0.39 is 0 Å². The second-order valence-electron chi connectivity index (χ2n) is 5.97. The van der Waals surface area contributed by atoms with E-state index >= 15 is 0 Å². The minimum absolute atomic E-state index is 0.0215. The molecule has 0 radical (unpaired) electrons. The number of amides is 1. The Hall–Kier alpha value is -0.610. The lowest BCUT2D eigenvalue weighted by Gasteiger charge is -2.40. The molecule has 0 spiro atoms. The van der Waals surface area contributed by atoms with Crippen molar-refractivity contribution >= 4 is 5.91 Å². The second kappa shape index (κ2) is 6.02. The minimum atomic E-state index is -0.0215. The minimum Gasteiger partial charge on any atom is -0.633 e. The topological polar surface area (TPSA) is 43.4 Å². The lowest BCUT2D eigenvalue weighted by atomic mass is 10.1. The van der Waals surface area contributed by atoms with Gasteiger partial charge >= 0.3 is 0 Å². The quantitative estimate of drug-likeness (QED) is 0.570. The van der Waals surface area contributed by atoms with Gasteiger partial charge in [0, 0.05) is 38.3 Å². The second-order valence-corrected chi connectivity index (χ2v) is 5.97. The van der Waals surface area contributed by atoms with E-state index in [0.717, 1.165) is 58.2 Å². The fourth-order valence-electron chi connectivity index (χ4n) is 3.18. The molecule has 2 heterocycles. The third-order valence-electron chi connectivity index (χ3n) is 4.48. The molecule has 0 aromatic heterocycles. The largest absolute Gasteiger partial charge is 0.633 e. The third kappa shape index (κ3) is 3.45. The van der Waals surface area contributed by atoms with Crippen molar-refractivity contribution in [1.29, 1.82) is 0 Å². The van der Waals surface area contributed by atoms with Crippen LogP contribution in [0.15, 0.2) is 0 Å². The maximum absolute atomic E-state index is 12.3. The molecule has 2 saturated heterocycles. The fraction of sp³-hybridized carbons (Fsp3) is 0.929.